The van der Waals surface area contributed by atoms with Gasteiger partial charge in [-0.15, -0.1) is 0 Å². The lowest BCUT2D eigenvalue weighted by Gasteiger charge is -2.25. The van der Waals surface area contributed by atoms with Gasteiger partial charge in [0.15, 0.2) is 5.82 Å². The highest BCUT2D eigenvalue weighted by Gasteiger charge is 2.24. The van der Waals surface area contributed by atoms with Crippen molar-refractivity contribution in [3.05, 3.63) is 47.1 Å². The minimum absolute atomic E-state index is 0.0381. The molecular formula is C21H27FN4O4. The largest absolute Gasteiger partial charge is 0.394 e. The summed E-state index contributed by atoms with van der Waals surface area (Å²) in [5.74, 6) is -1.29. The number of nitrogens with one attached hydrogen (secondary N) is 2. The normalized spacial score (nSPS) is 17.5. The summed E-state index contributed by atoms with van der Waals surface area (Å²) in [7, 11) is 1.71. The molecular weight excluding hydrogens is 391 g/mol. The van der Waals surface area contributed by atoms with Crippen molar-refractivity contribution < 1.29 is 24.2 Å². The van der Waals surface area contributed by atoms with E-state index in [2.05, 4.69) is 34.9 Å². The fraction of sp³-hybridized carbons (Fsp3) is 0.429. The summed E-state index contributed by atoms with van der Waals surface area (Å²) >= 11 is 0. The number of rotatable bonds is 8. The molecule has 1 amide bonds. The maximum Gasteiger partial charge on any atom is 0.277 e. The summed E-state index contributed by atoms with van der Waals surface area (Å²) < 4.78 is 17.0. The first kappa shape index (κ1) is 21.9. The van der Waals surface area contributed by atoms with Crippen molar-refractivity contribution in [1.82, 2.24) is 15.0 Å². The van der Waals surface area contributed by atoms with Crippen LogP contribution >= 0.6 is 0 Å². The highest BCUT2D eigenvalue weighted by molar-refractivity contribution is 6.03. The van der Waals surface area contributed by atoms with Crippen LogP contribution in [0.4, 0.5) is 10.1 Å². The Bertz CT molecular complexity index is 999. The van der Waals surface area contributed by atoms with E-state index in [0.29, 0.717) is 11.9 Å². The van der Waals surface area contributed by atoms with Gasteiger partial charge in [0.25, 0.3) is 5.91 Å². The molecule has 3 rings (SSSR count). The minimum atomic E-state index is -1.13. The third-order valence-electron chi connectivity index (χ3n) is 5.16. The van der Waals surface area contributed by atoms with Crippen LogP contribution in [0.1, 0.15) is 37.0 Å². The highest BCUT2D eigenvalue weighted by atomic mass is 19.1. The molecule has 9 heteroatoms. The zero-order chi connectivity index (χ0) is 21.8. The van der Waals surface area contributed by atoms with E-state index in [-0.39, 0.29) is 29.4 Å². The Kier molecular flexibility index (Phi) is 6.86. The number of carbonyl (C=O) groups excluding carboxylic acids is 1. The zero-order valence-electron chi connectivity index (χ0n) is 17.3. The van der Waals surface area contributed by atoms with Crippen LogP contribution in [-0.4, -0.2) is 51.0 Å². The van der Waals surface area contributed by atoms with Crippen LogP contribution < -0.4 is 10.8 Å². The Morgan fingerprint density at radius 3 is 2.93 bits per heavy atom. The number of nitrogens with zero attached hydrogens (tertiary/aromatic N) is 2. The second-order valence-electron chi connectivity index (χ2n) is 7.37. The minimum Gasteiger partial charge on any atom is -0.394 e. The number of aliphatic hydroxyl groups excluding tert-OH is 2. The summed E-state index contributed by atoms with van der Waals surface area (Å²) in [4.78, 5) is 21.8. The number of aryl methyl sites for hydroxylation is 1. The lowest BCUT2D eigenvalue weighted by Crippen LogP contribution is -2.31. The Hall–Kier alpha value is -2.75. The van der Waals surface area contributed by atoms with E-state index in [1.54, 1.807) is 17.7 Å². The van der Waals surface area contributed by atoms with Crippen LogP contribution in [0, 0.1) is 5.82 Å². The van der Waals surface area contributed by atoms with Crippen LogP contribution in [0.15, 0.2) is 35.7 Å². The number of benzene rings is 1. The SMILES string of the molecule is CCC1=CCC(Nc2c(C(=O)NOCC(O)CO)cc3c(ncn3C)c2F)C(C)=C1. The predicted octanol–water partition coefficient (Wildman–Crippen LogP) is 2.19. The van der Waals surface area contributed by atoms with Gasteiger partial charge in [0.2, 0.25) is 0 Å². The molecule has 4 N–H and O–H groups in total. The first-order valence-electron chi connectivity index (χ1n) is 9.84. The van der Waals surface area contributed by atoms with Gasteiger partial charge in [-0.1, -0.05) is 30.2 Å². The van der Waals surface area contributed by atoms with Gasteiger partial charge < -0.3 is 20.1 Å². The Labute approximate surface area is 174 Å². The monoisotopic (exact) mass is 418 g/mol. The van der Waals surface area contributed by atoms with E-state index in [9.17, 15) is 9.90 Å². The molecule has 162 valence electrons. The summed E-state index contributed by atoms with van der Waals surface area (Å²) in [6, 6.07) is 1.38. The van der Waals surface area contributed by atoms with Gasteiger partial charge in [-0.25, -0.2) is 14.9 Å². The molecule has 1 aromatic heterocycles. The van der Waals surface area contributed by atoms with Crippen LogP contribution in [0.25, 0.3) is 11.0 Å². The third-order valence-corrected chi connectivity index (χ3v) is 5.16. The summed E-state index contributed by atoms with van der Waals surface area (Å²) in [6.07, 6.45) is 6.11. The van der Waals surface area contributed by atoms with Gasteiger partial charge in [-0.2, -0.15) is 0 Å². The molecule has 0 saturated carbocycles. The van der Waals surface area contributed by atoms with Gasteiger partial charge in [-0.3, -0.25) is 9.63 Å². The van der Waals surface area contributed by atoms with Crippen molar-refractivity contribution in [2.45, 2.75) is 38.8 Å². The Morgan fingerprint density at radius 2 is 2.27 bits per heavy atom. The smallest absolute Gasteiger partial charge is 0.277 e. The van der Waals surface area contributed by atoms with Crippen molar-refractivity contribution >= 4 is 22.6 Å². The number of carbonyl (C=O) groups is 1. The summed E-state index contributed by atoms with van der Waals surface area (Å²) in [6.45, 7) is 3.25. The first-order valence-corrected chi connectivity index (χ1v) is 9.84. The van der Waals surface area contributed by atoms with E-state index in [0.717, 1.165) is 12.0 Å². The number of hydrogen-bond acceptors (Lipinski definition) is 6. The van der Waals surface area contributed by atoms with Crippen LogP contribution in [0.3, 0.4) is 0 Å². The number of fused-ring (bicyclic) bond motifs is 1. The number of imidazole rings is 1. The number of aromatic nitrogens is 2. The molecule has 0 radical (unpaired) electrons. The highest BCUT2D eigenvalue weighted by Crippen LogP contribution is 2.31. The lowest BCUT2D eigenvalue weighted by atomic mass is 9.94. The van der Waals surface area contributed by atoms with Crippen molar-refractivity contribution in [2.75, 3.05) is 18.5 Å². The van der Waals surface area contributed by atoms with Crippen LogP contribution in [0.2, 0.25) is 0 Å². The quantitative estimate of drug-likeness (QED) is 0.490. The average molecular weight is 418 g/mol. The molecule has 1 aromatic carbocycles. The standard InChI is InChI=1S/C21H27FN4O4/c1-4-13-5-6-16(12(2)7-13)24-19-15(21(29)25-30-10-14(28)9-27)8-17-20(18(19)22)23-11-26(17)3/h5,7-8,11,14,16,24,27-28H,4,6,9-10H2,1-3H3,(H,25,29). The molecule has 0 fully saturated rings. The van der Waals surface area contributed by atoms with E-state index in [1.165, 1.54) is 11.9 Å². The van der Waals surface area contributed by atoms with Crippen molar-refractivity contribution in [1.29, 1.82) is 0 Å². The number of halogens is 1. The van der Waals surface area contributed by atoms with E-state index < -0.39 is 24.4 Å². The molecule has 0 aliphatic heterocycles. The van der Waals surface area contributed by atoms with Gasteiger partial charge >= 0.3 is 0 Å². The molecule has 30 heavy (non-hydrogen) atoms. The fourth-order valence-corrected chi connectivity index (χ4v) is 3.36. The second kappa shape index (κ2) is 9.38. The number of aliphatic hydroxyl groups is 2. The first-order chi connectivity index (χ1) is 14.3. The fourth-order valence-electron chi connectivity index (χ4n) is 3.36. The van der Waals surface area contributed by atoms with Crippen molar-refractivity contribution in [3.63, 3.8) is 0 Å². The molecule has 0 spiro atoms. The molecule has 2 aromatic rings. The molecule has 1 aliphatic rings. The van der Waals surface area contributed by atoms with Gasteiger partial charge in [0.05, 0.1) is 35.7 Å². The van der Waals surface area contributed by atoms with E-state index in [1.807, 2.05) is 6.92 Å². The number of hydroxylamine groups is 1. The molecule has 0 bridgehead atoms. The topological polar surface area (TPSA) is 109 Å². The maximum absolute atomic E-state index is 15.4. The number of hydrogen-bond donors (Lipinski definition) is 4. The Balaban J connectivity index is 1.92. The van der Waals surface area contributed by atoms with E-state index >= 15 is 4.39 Å². The van der Waals surface area contributed by atoms with E-state index in [4.69, 9.17) is 9.94 Å². The maximum atomic E-state index is 15.4. The Morgan fingerprint density at radius 1 is 1.50 bits per heavy atom. The zero-order valence-corrected chi connectivity index (χ0v) is 17.3. The number of amides is 1. The van der Waals surface area contributed by atoms with Gasteiger partial charge in [0, 0.05) is 7.05 Å². The van der Waals surface area contributed by atoms with Gasteiger partial charge in [-0.05, 0) is 25.8 Å². The molecule has 0 saturated heterocycles. The second-order valence-corrected chi connectivity index (χ2v) is 7.37. The molecule has 1 aliphatic carbocycles. The number of anilines is 1. The van der Waals surface area contributed by atoms with Crippen molar-refractivity contribution in [3.8, 4) is 0 Å². The van der Waals surface area contributed by atoms with Crippen LogP contribution in [0.5, 0.6) is 0 Å². The third kappa shape index (κ3) is 4.53. The predicted molar refractivity (Wildman–Crippen MR) is 111 cm³/mol. The molecule has 8 nitrogen and oxygen atoms in total. The molecule has 2 atom stereocenters. The van der Waals surface area contributed by atoms with Crippen LogP contribution in [-0.2, 0) is 11.9 Å². The summed E-state index contributed by atoms with van der Waals surface area (Å²) in [5.41, 5.74) is 5.18. The number of allylic oxidation sites excluding steroid dienone is 2. The molecule has 1 heterocycles. The summed E-state index contributed by atoms with van der Waals surface area (Å²) in [5, 5.41) is 21.4. The van der Waals surface area contributed by atoms with Gasteiger partial charge in [0.1, 0.15) is 18.2 Å². The average Bonchev–Trinajstić information content (AvgIpc) is 3.11. The lowest BCUT2D eigenvalue weighted by molar-refractivity contribution is -0.0295. The van der Waals surface area contributed by atoms with Crippen molar-refractivity contribution in [2.24, 2.45) is 7.05 Å². The molecule has 2 unspecified atom stereocenters.